The number of aromatic nitrogens is 1. The van der Waals surface area contributed by atoms with Crippen LogP contribution in [0, 0.1) is 0 Å². The molecule has 17 heavy (non-hydrogen) atoms. The van der Waals surface area contributed by atoms with Crippen molar-refractivity contribution in [2.45, 2.75) is 32.9 Å². The molecule has 4 nitrogen and oxygen atoms in total. The summed E-state index contributed by atoms with van der Waals surface area (Å²) in [6, 6.07) is 3.31. The molecule has 0 radical (unpaired) electrons. The summed E-state index contributed by atoms with van der Waals surface area (Å²) in [7, 11) is 0. The van der Waals surface area contributed by atoms with Gasteiger partial charge in [-0.3, -0.25) is 4.79 Å². The lowest BCUT2D eigenvalue weighted by Gasteiger charge is -2.13. The monoisotopic (exact) mass is 244 g/mol. The van der Waals surface area contributed by atoms with Crippen molar-refractivity contribution in [3.8, 4) is 5.88 Å². The van der Waals surface area contributed by atoms with Crippen LogP contribution in [0.25, 0.3) is 0 Å². The molecule has 6 heteroatoms. The van der Waals surface area contributed by atoms with Crippen LogP contribution in [0.3, 0.4) is 0 Å². The van der Waals surface area contributed by atoms with Crippen molar-refractivity contribution >= 4 is 5.91 Å². The highest BCUT2D eigenvalue weighted by molar-refractivity contribution is 5.79. The van der Waals surface area contributed by atoms with Crippen molar-refractivity contribution in [3.05, 3.63) is 23.9 Å². The van der Waals surface area contributed by atoms with Crippen LogP contribution in [-0.2, 0) is 11.3 Å². The second kappa shape index (κ2) is 6.12. The maximum Gasteiger partial charge on any atom is 0.315 e. The normalized spacial score (nSPS) is 10.7. The van der Waals surface area contributed by atoms with Gasteiger partial charge in [0.2, 0.25) is 5.88 Å². The maximum atomic E-state index is 12.0. The van der Waals surface area contributed by atoms with Crippen molar-refractivity contribution in [2.75, 3.05) is 0 Å². The molecule has 0 unspecified atom stereocenters. The number of halogens is 2. The van der Waals surface area contributed by atoms with E-state index in [1.807, 2.05) is 13.8 Å². The summed E-state index contributed by atoms with van der Waals surface area (Å²) >= 11 is 0. The first kappa shape index (κ1) is 13.3. The minimum Gasteiger partial charge on any atom is -0.475 e. The van der Waals surface area contributed by atoms with E-state index in [0.29, 0.717) is 11.4 Å². The molecular weight excluding hydrogens is 230 g/mol. The summed E-state index contributed by atoms with van der Waals surface area (Å²) in [4.78, 5) is 14.7. The molecule has 0 spiro atoms. The van der Waals surface area contributed by atoms with Gasteiger partial charge in [-0.05, 0) is 19.9 Å². The van der Waals surface area contributed by atoms with Gasteiger partial charge in [0, 0.05) is 18.3 Å². The topological polar surface area (TPSA) is 51.2 Å². The average molecular weight is 244 g/mol. The van der Waals surface area contributed by atoms with Crippen molar-refractivity contribution in [1.29, 1.82) is 0 Å². The first-order valence-electron chi connectivity index (χ1n) is 5.17. The molecule has 0 atom stereocenters. The Morgan fingerprint density at radius 1 is 1.53 bits per heavy atom. The number of ether oxygens (including phenoxy) is 1. The van der Waals surface area contributed by atoms with Gasteiger partial charge >= 0.3 is 6.43 Å². The highest BCUT2D eigenvalue weighted by atomic mass is 19.3. The molecule has 1 rings (SSSR count). The van der Waals surface area contributed by atoms with Gasteiger partial charge in [-0.25, -0.2) is 4.98 Å². The molecule has 94 valence electrons. The van der Waals surface area contributed by atoms with E-state index < -0.39 is 12.3 Å². The summed E-state index contributed by atoms with van der Waals surface area (Å²) in [5, 5.41) is 2.10. The molecule has 0 aliphatic rings. The van der Waals surface area contributed by atoms with E-state index in [9.17, 15) is 13.6 Å². The predicted octanol–water partition coefficient (Wildman–Crippen LogP) is 1.75. The molecule has 1 aromatic heterocycles. The lowest BCUT2D eigenvalue weighted by Crippen LogP contribution is -2.29. The maximum absolute atomic E-state index is 12.0. The minimum atomic E-state index is -3.01. The third-order valence-corrected chi connectivity index (χ3v) is 1.85. The standard InChI is InChI=1S/C11H14F2N2O2/c1-7(2)17-11-8(4-3-5-14-11)6-15-10(16)9(12)13/h3-5,7,9H,6H2,1-2H3,(H,15,16). The van der Waals surface area contributed by atoms with Gasteiger partial charge < -0.3 is 10.1 Å². The summed E-state index contributed by atoms with van der Waals surface area (Å²) in [6.45, 7) is 3.63. The van der Waals surface area contributed by atoms with E-state index in [1.165, 1.54) is 6.20 Å². The van der Waals surface area contributed by atoms with Gasteiger partial charge in [-0.15, -0.1) is 0 Å². The second-order valence-electron chi connectivity index (χ2n) is 3.65. The SMILES string of the molecule is CC(C)Oc1ncccc1CNC(=O)C(F)F. The van der Waals surface area contributed by atoms with Crippen molar-refractivity contribution in [1.82, 2.24) is 10.3 Å². The molecule has 0 saturated carbocycles. The van der Waals surface area contributed by atoms with Crippen molar-refractivity contribution in [2.24, 2.45) is 0 Å². The third-order valence-electron chi connectivity index (χ3n) is 1.85. The minimum absolute atomic E-state index is 0.0287. The first-order chi connectivity index (χ1) is 8.00. The molecule has 1 heterocycles. The number of nitrogens with zero attached hydrogens (tertiary/aromatic N) is 1. The Morgan fingerprint density at radius 3 is 2.82 bits per heavy atom. The Morgan fingerprint density at radius 2 is 2.24 bits per heavy atom. The van der Waals surface area contributed by atoms with Gasteiger partial charge in [-0.1, -0.05) is 6.07 Å². The van der Waals surface area contributed by atoms with Crippen LogP contribution in [0.15, 0.2) is 18.3 Å². The second-order valence-corrected chi connectivity index (χ2v) is 3.65. The molecule has 0 aliphatic carbocycles. The summed E-state index contributed by atoms with van der Waals surface area (Å²) in [5.74, 6) is -0.957. The highest BCUT2D eigenvalue weighted by Crippen LogP contribution is 2.15. The Balaban J connectivity index is 2.67. The molecule has 0 bridgehead atoms. The molecule has 0 aliphatic heterocycles. The Kier molecular flexibility index (Phi) is 4.81. The highest BCUT2D eigenvalue weighted by Gasteiger charge is 2.15. The van der Waals surface area contributed by atoms with E-state index in [0.717, 1.165) is 0 Å². The smallest absolute Gasteiger partial charge is 0.315 e. The number of pyridine rings is 1. The number of amides is 1. The van der Waals surface area contributed by atoms with Gasteiger partial charge in [0.1, 0.15) is 0 Å². The fraction of sp³-hybridized carbons (Fsp3) is 0.455. The molecule has 0 fully saturated rings. The summed E-state index contributed by atoms with van der Waals surface area (Å²) in [6.07, 6.45) is -1.55. The quantitative estimate of drug-likeness (QED) is 0.858. The van der Waals surface area contributed by atoms with E-state index in [4.69, 9.17) is 4.74 Å². The molecule has 0 saturated heterocycles. The zero-order chi connectivity index (χ0) is 12.8. The van der Waals surface area contributed by atoms with Crippen LogP contribution >= 0.6 is 0 Å². The van der Waals surface area contributed by atoms with Crippen molar-refractivity contribution in [3.63, 3.8) is 0 Å². The van der Waals surface area contributed by atoms with Gasteiger partial charge in [-0.2, -0.15) is 8.78 Å². The van der Waals surface area contributed by atoms with Gasteiger partial charge in [0.15, 0.2) is 0 Å². The van der Waals surface area contributed by atoms with Crippen LogP contribution in [0.1, 0.15) is 19.4 Å². The Hall–Kier alpha value is -1.72. The fourth-order valence-corrected chi connectivity index (χ4v) is 1.15. The summed E-state index contributed by atoms with van der Waals surface area (Å²) < 4.78 is 29.4. The predicted molar refractivity (Wildman–Crippen MR) is 57.9 cm³/mol. The fourth-order valence-electron chi connectivity index (χ4n) is 1.15. The van der Waals surface area contributed by atoms with Crippen LogP contribution in [0.4, 0.5) is 8.78 Å². The number of rotatable bonds is 5. The number of hydrogen-bond donors (Lipinski definition) is 1. The number of alkyl halides is 2. The molecular formula is C11H14F2N2O2. The number of hydrogen-bond acceptors (Lipinski definition) is 3. The van der Waals surface area contributed by atoms with Crippen LogP contribution in [0.5, 0.6) is 5.88 Å². The molecule has 1 aromatic rings. The van der Waals surface area contributed by atoms with E-state index >= 15 is 0 Å². The molecule has 0 aromatic carbocycles. The Labute approximate surface area is 98.0 Å². The van der Waals surface area contributed by atoms with E-state index in [2.05, 4.69) is 10.3 Å². The molecule has 1 amide bonds. The number of nitrogens with one attached hydrogen (secondary N) is 1. The van der Waals surface area contributed by atoms with Crippen LogP contribution in [-0.4, -0.2) is 23.4 Å². The van der Waals surface area contributed by atoms with E-state index in [1.54, 1.807) is 12.1 Å². The van der Waals surface area contributed by atoms with Gasteiger partial charge in [0.05, 0.1) is 6.10 Å². The third kappa shape index (κ3) is 4.34. The number of carbonyl (C=O) groups excluding carboxylic acids is 1. The lowest BCUT2D eigenvalue weighted by atomic mass is 10.2. The van der Waals surface area contributed by atoms with E-state index in [-0.39, 0.29) is 12.6 Å². The van der Waals surface area contributed by atoms with Crippen LogP contribution in [0.2, 0.25) is 0 Å². The first-order valence-corrected chi connectivity index (χ1v) is 5.17. The number of carbonyl (C=O) groups is 1. The molecule has 1 N–H and O–H groups in total. The summed E-state index contributed by atoms with van der Waals surface area (Å²) in [5.41, 5.74) is 0.565. The Bertz CT molecular complexity index is 383. The van der Waals surface area contributed by atoms with Crippen LogP contribution < -0.4 is 10.1 Å². The van der Waals surface area contributed by atoms with Crippen molar-refractivity contribution < 1.29 is 18.3 Å². The zero-order valence-electron chi connectivity index (χ0n) is 9.61. The average Bonchev–Trinajstić information content (AvgIpc) is 2.26. The largest absolute Gasteiger partial charge is 0.475 e. The van der Waals surface area contributed by atoms with Gasteiger partial charge in [0.25, 0.3) is 5.91 Å². The lowest BCUT2D eigenvalue weighted by molar-refractivity contribution is -0.131. The zero-order valence-corrected chi connectivity index (χ0v) is 9.61.